The fraction of sp³-hybridized carbons (Fsp3) is 0.500. The molecular formula is C10H14F3N3O2S. The second kappa shape index (κ2) is 5.74. The predicted octanol–water partition coefficient (Wildman–Crippen LogP) is 1.70. The summed E-state index contributed by atoms with van der Waals surface area (Å²) in [6.07, 6.45) is -3.56. The largest absolute Gasteiger partial charge is 0.402 e. The molecule has 0 aliphatic carbocycles. The van der Waals surface area contributed by atoms with Crippen LogP contribution >= 0.6 is 0 Å². The van der Waals surface area contributed by atoms with Gasteiger partial charge < -0.3 is 5.32 Å². The molecular weight excluding hydrogens is 283 g/mol. The Bertz CT molecular complexity index is 514. The highest BCUT2D eigenvalue weighted by Gasteiger charge is 2.34. The van der Waals surface area contributed by atoms with Crippen LogP contribution in [0.25, 0.3) is 0 Å². The molecule has 0 aliphatic rings. The van der Waals surface area contributed by atoms with E-state index in [0.29, 0.717) is 12.4 Å². The second-order valence-corrected chi connectivity index (χ2v) is 5.83. The Balaban J connectivity index is 2.93. The zero-order valence-electron chi connectivity index (χ0n) is 10.4. The summed E-state index contributed by atoms with van der Waals surface area (Å²) in [5.41, 5.74) is 0. The molecule has 108 valence electrons. The molecule has 5 nitrogen and oxygen atoms in total. The molecule has 0 aliphatic heterocycles. The molecule has 0 atom stereocenters. The first-order chi connectivity index (χ1) is 8.66. The fourth-order valence-corrected chi connectivity index (χ4v) is 2.44. The van der Waals surface area contributed by atoms with Crippen LogP contribution in [0.1, 0.15) is 6.92 Å². The summed E-state index contributed by atoms with van der Waals surface area (Å²) >= 11 is 0. The first-order valence-electron chi connectivity index (χ1n) is 5.40. The van der Waals surface area contributed by atoms with Crippen LogP contribution in [0.3, 0.4) is 0 Å². The molecule has 0 unspecified atom stereocenters. The number of nitrogens with one attached hydrogen (secondary N) is 1. The Morgan fingerprint density at radius 3 is 2.42 bits per heavy atom. The van der Waals surface area contributed by atoms with Crippen molar-refractivity contribution < 1.29 is 21.6 Å². The lowest BCUT2D eigenvalue weighted by Crippen LogP contribution is -2.35. The minimum atomic E-state index is -4.58. The van der Waals surface area contributed by atoms with Gasteiger partial charge in [-0.25, -0.2) is 13.4 Å². The van der Waals surface area contributed by atoms with E-state index in [4.69, 9.17) is 0 Å². The Labute approximate surface area is 109 Å². The van der Waals surface area contributed by atoms with Crippen molar-refractivity contribution in [2.45, 2.75) is 18.0 Å². The molecule has 9 heteroatoms. The van der Waals surface area contributed by atoms with Gasteiger partial charge in [0.25, 0.3) is 0 Å². The smallest absolute Gasteiger partial charge is 0.370 e. The Hall–Kier alpha value is -1.35. The summed E-state index contributed by atoms with van der Waals surface area (Å²) < 4.78 is 60.5. The molecule has 19 heavy (non-hydrogen) atoms. The van der Waals surface area contributed by atoms with Gasteiger partial charge in [0, 0.05) is 19.8 Å². The maximum atomic E-state index is 12.2. The van der Waals surface area contributed by atoms with Gasteiger partial charge in [-0.05, 0) is 19.1 Å². The van der Waals surface area contributed by atoms with Crippen molar-refractivity contribution in [1.82, 2.24) is 9.29 Å². The van der Waals surface area contributed by atoms with Gasteiger partial charge in [0.2, 0.25) is 10.0 Å². The summed E-state index contributed by atoms with van der Waals surface area (Å²) in [4.78, 5) is 3.54. The average molecular weight is 297 g/mol. The van der Waals surface area contributed by atoms with E-state index in [1.165, 1.54) is 12.1 Å². The number of aromatic nitrogens is 1. The molecule has 0 amide bonds. The monoisotopic (exact) mass is 297 g/mol. The molecule has 0 saturated carbocycles. The highest BCUT2D eigenvalue weighted by molar-refractivity contribution is 7.89. The summed E-state index contributed by atoms with van der Waals surface area (Å²) in [6.45, 7) is 0.904. The third kappa shape index (κ3) is 4.35. The molecule has 1 N–H and O–H groups in total. The quantitative estimate of drug-likeness (QED) is 0.898. The standard InChI is InChI=1S/C10H14F3N3O2S/c1-3-14-9-5-4-8(6-15-9)19(17,18)16(2)7-10(11,12)13/h4-6H,3,7H2,1-2H3,(H,14,15). The van der Waals surface area contributed by atoms with Gasteiger partial charge in [-0.2, -0.15) is 17.5 Å². The van der Waals surface area contributed by atoms with Crippen molar-refractivity contribution in [3.8, 4) is 0 Å². The van der Waals surface area contributed by atoms with E-state index < -0.39 is 22.7 Å². The number of halogens is 3. The number of alkyl halides is 3. The van der Waals surface area contributed by atoms with Gasteiger partial charge in [-0.1, -0.05) is 0 Å². The van der Waals surface area contributed by atoms with Crippen LogP contribution in [0.2, 0.25) is 0 Å². The van der Waals surface area contributed by atoms with Crippen LogP contribution in [0.5, 0.6) is 0 Å². The number of nitrogens with zero attached hydrogens (tertiary/aromatic N) is 2. The SMILES string of the molecule is CCNc1ccc(S(=O)(=O)N(C)CC(F)(F)F)cn1. The molecule has 1 aromatic heterocycles. The van der Waals surface area contributed by atoms with Crippen molar-refractivity contribution in [2.24, 2.45) is 0 Å². The molecule has 0 fully saturated rings. The molecule has 1 aromatic rings. The zero-order chi connectivity index (χ0) is 14.7. The number of rotatable bonds is 5. The van der Waals surface area contributed by atoms with Gasteiger partial charge in [0.15, 0.2) is 0 Å². The maximum Gasteiger partial charge on any atom is 0.402 e. The predicted molar refractivity (Wildman–Crippen MR) is 64.3 cm³/mol. The number of hydrogen-bond donors (Lipinski definition) is 1. The van der Waals surface area contributed by atoms with Crippen LogP contribution in [0.15, 0.2) is 23.2 Å². The van der Waals surface area contributed by atoms with Crippen LogP contribution in [0.4, 0.5) is 19.0 Å². The van der Waals surface area contributed by atoms with Gasteiger partial charge in [-0.15, -0.1) is 0 Å². The van der Waals surface area contributed by atoms with Gasteiger partial charge in [0.05, 0.1) is 0 Å². The van der Waals surface area contributed by atoms with E-state index in [1.807, 2.05) is 6.92 Å². The molecule has 0 spiro atoms. The average Bonchev–Trinajstić information content (AvgIpc) is 2.28. The van der Waals surface area contributed by atoms with Crippen LogP contribution in [-0.2, 0) is 10.0 Å². The zero-order valence-corrected chi connectivity index (χ0v) is 11.2. The second-order valence-electron chi connectivity index (χ2n) is 3.79. The summed E-state index contributed by atoms with van der Waals surface area (Å²) in [7, 11) is -3.30. The van der Waals surface area contributed by atoms with E-state index >= 15 is 0 Å². The normalized spacial score (nSPS) is 12.7. The highest BCUT2D eigenvalue weighted by atomic mass is 32.2. The number of hydrogen-bond acceptors (Lipinski definition) is 4. The van der Waals surface area contributed by atoms with E-state index in [0.717, 1.165) is 13.2 Å². The molecule has 0 aromatic carbocycles. The fourth-order valence-electron chi connectivity index (χ4n) is 1.34. The van der Waals surface area contributed by atoms with E-state index in [1.54, 1.807) is 0 Å². The van der Waals surface area contributed by atoms with E-state index in [9.17, 15) is 21.6 Å². The molecule has 0 saturated heterocycles. The van der Waals surface area contributed by atoms with Crippen molar-refractivity contribution >= 4 is 15.8 Å². The Morgan fingerprint density at radius 1 is 1.37 bits per heavy atom. The van der Waals surface area contributed by atoms with Crippen LogP contribution < -0.4 is 5.32 Å². The van der Waals surface area contributed by atoms with Gasteiger partial charge >= 0.3 is 6.18 Å². The molecule has 0 radical (unpaired) electrons. The summed E-state index contributed by atoms with van der Waals surface area (Å²) in [6, 6.07) is 2.62. The highest BCUT2D eigenvalue weighted by Crippen LogP contribution is 2.21. The topological polar surface area (TPSA) is 62.3 Å². The van der Waals surface area contributed by atoms with E-state index in [-0.39, 0.29) is 9.20 Å². The molecule has 1 rings (SSSR count). The van der Waals surface area contributed by atoms with Crippen molar-refractivity contribution in [2.75, 3.05) is 25.5 Å². The van der Waals surface area contributed by atoms with Crippen LogP contribution in [-0.4, -0.2) is 44.0 Å². The lowest BCUT2D eigenvalue weighted by molar-refractivity contribution is -0.134. The van der Waals surface area contributed by atoms with Gasteiger partial charge in [0.1, 0.15) is 17.3 Å². The summed E-state index contributed by atoms with van der Waals surface area (Å²) in [5.74, 6) is 0.458. The lowest BCUT2D eigenvalue weighted by Gasteiger charge is -2.18. The number of anilines is 1. The first kappa shape index (κ1) is 15.7. The number of pyridine rings is 1. The van der Waals surface area contributed by atoms with Crippen molar-refractivity contribution in [3.05, 3.63) is 18.3 Å². The van der Waals surface area contributed by atoms with Crippen molar-refractivity contribution in [1.29, 1.82) is 0 Å². The molecule has 1 heterocycles. The third-order valence-electron chi connectivity index (χ3n) is 2.20. The molecule has 0 bridgehead atoms. The number of sulfonamides is 1. The first-order valence-corrected chi connectivity index (χ1v) is 6.84. The third-order valence-corrected chi connectivity index (χ3v) is 3.99. The van der Waals surface area contributed by atoms with E-state index in [2.05, 4.69) is 10.3 Å². The van der Waals surface area contributed by atoms with Crippen molar-refractivity contribution in [3.63, 3.8) is 0 Å². The Morgan fingerprint density at radius 2 is 2.00 bits per heavy atom. The minimum absolute atomic E-state index is 0.247. The lowest BCUT2D eigenvalue weighted by atomic mass is 10.4. The maximum absolute atomic E-state index is 12.2. The minimum Gasteiger partial charge on any atom is -0.370 e. The van der Waals surface area contributed by atoms with Crippen LogP contribution in [0, 0.1) is 0 Å². The van der Waals surface area contributed by atoms with Gasteiger partial charge in [-0.3, -0.25) is 0 Å². The Kier molecular flexibility index (Phi) is 4.75. The summed E-state index contributed by atoms with van der Waals surface area (Å²) in [5, 5.41) is 2.85.